The Hall–Kier alpha value is -0.760. The molecule has 0 saturated carbocycles. The third-order valence-corrected chi connectivity index (χ3v) is 1.67. The van der Waals surface area contributed by atoms with E-state index in [2.05, 4.69) is 13.0 Å². The highest BCUT2D eigenvalue weighted by molar-refractivity contribution is 5.22. The van der Waals surface area contributed by atoms with Gasteiger partial charge in [-0.15, -0.1) is 0 Å². The van der Waals surface area contributed by atoms with Crippen LogP contribution in [0.25, 0.3) is 0 Å². The first kappa shape index (κ1) is 11.2. The summed E-state index contributed by atoms with van der Waals surface area (Å²) in [5, 5.41) is 8.63. The summed E-state index contributed by atoms with van der Waals surface area (Å²) in [4.78, 5) is 0. The summed E-state index contributed by atoms with van der Waals surface area (Å²) >= 11 is 0. The van der Waals surface area contributed by atoms with Crippen LogP contribution in [0.3, 0.4) is 0 Å². The molecule has 70 valence electrons. The van der Waals surface area contributed by atoms with Crippen LogP contribution in [0, 0.1) is 0 Å². The number of aliphatic hydroxyl groups excluding tert-OH is 1. The number of hydrogen-bond donors (Lipinski definition) is 2. The zero-order valence-electron chi connectivity index (χ0n) is 8.01. The molecule has 0 rings (SSSR count). The highest BCUT2D eigenvalue weighted by Crippen LogP contribution is 2.09. The lowest BCUT2D eigenvalue weighted by Crippen LogP contribution is -1.97. The lowest BCUT2D eigenvalue weighted by molar-refractivity contribution is 0.288. The van der Waals surface area contributed by atoms with E-state index in [0.717, 1.165) is 30.5 Å². The van der Waals surface area contributed by atoms with Gasteiger partial charge in [-0.2, -0.15) is 0 Å². The molecule has 3 N–H and O–H groups in total. The zero-order valence-corrected chi connectivity index (χ0v) is 8.01. The molecule has 0 aliphatic carbocycles. The number of aliphatic hydroxyl groups is 1. The van der Waals surface area contributed by atoms with Crippen molar-refractivity contribution >= 4 is 0 Å². The Morgan fingerprint density at radius 3 is 2.58 bits per heavy atom. The minimum absolute atomic E-state index is 0.233. The Morgan fingerprint density at radius 2 is 2.17 bits per heavy atom. The van der Waals surface area contributed by atoms with Gasteiger partial charge in [0.05, 0.1) is 0 Å². The number of hydrogen-bond acceptors (Lipinski definition) is 2. The SMILES string of the molecule is CC/C=C\C(CCCO)=C(/C)N. The largest absolute Gasteiger partial charge is 0.402 e. The summed E-state index contributed by atoms with van der Waals surface area (Å²) < 4.78 is 0. The van der Waals surface area contributed by atoms with E-state index in [4.69, 9.17) is 10.8 Å². The Labute approximate surface area is 74.8 Å². The highest BCUT2D eigenvalue weighted by atomic mass is 16.2. The second-order valence-corrected chi connectivity index (χ2v) is 2.85. The van der Waals surface area contributed by atoms with Crippen LogP contribution >= 0.6 is 0 Å². The normalized spacial score (nSPS) is 13.6. The van der Waals surface area contributed by atoms with Gasteiger partial charge in [0, 0.05) is 12.3 Å². The molecule has 0 amide bonds. The first-order chi connectivity index (χ1) is 5.72. The third kappa shape index (κ3) is 4.97. The fraction of sp³-hybridized carbons (Fsp3) is 0.600. The van der Waals surface area contributed by atoms with Gasteiger partial charge in [0.15, 0.2) is 0 Å². The van der Waals surface area contributed by atoms with Gasteiger partial charge in [-0.1, -0.05) is 19.1 Å². The molecule has 0 saturated heterocycles. The number of nitrogens with two attached hydrogens (primary N) is 1. The Kier molecular flexibility index (Phi) is 6.48. The van der Waals surface area contributed by atoms with Crippen molar-refractivity contribution in [3.8, 4) is 0 Å². The van der Waals surface area contributed by atoms with Gasteiger partial charge in [-0.3, -0.25) is 0 Å². The molecule has 0 aromatic rings. The topological polar surface area (TPSA) is 46.2 Å². The van der Waals surface area contributed by atoms with E-state index in [0.29, 0.717) is 0 Å². The van der Waals surface area contributed by atoms with Gasteiger partial charge < -0.3 is 10.8 Å². The lowest BCUT2D eigenvalue weighted by Gasteiger charge is -2.02. The average Bonchev–Trinajstić information content (AvgIpc) is 2.04. The molecule has 0 aliphatic rings. The number of allylic oxidation sites excluding steroid dienone is 4. The summed E-state index contributed by atoms with van der Waals surface area (Å²) in [6.07, 6.45) is 6.82. The van der Waals surface area contributed by atoms with Gasteiger partial charge in [0.1, 0.15) is 0 Å². The quantitative estimate of drug-likeness (QED) is 0.618. The maximum Gasteiger partial charge on any atom is 0.0434 e. The first-order valence-electron chi connectivity index (χ1n) is 4.45. The summed E-state index contributed by atoms with van der Waals surface area (Å²) in [5.41, 5.74) is 7.66. The predicted octanol–water partition coefficient (Wildman–Crippen LogP) is 1.96. The predicted molar refractivity (Wildman–Crippen MR) is 52.6 cm³/mol. The number of rotatable bonds is 5. The summed E-state index contributed by atoms with van der Waals surface area (Å²) in [6, 6.07) is 0. The van der Waals surface area contributed by atoms with Crippen molar-refractivity contribution in [2.75, 3.05) is 6.61 Å². The molecule has 0 bridgehead atoms. The molecule has 0 spiro atoms. The second-order valence-electron chi connectivity index (χ2n) is 2.85. The van der Waals surface area contributed by atoms with Crippen LogP contribution in [-0.4, -0.2) is 11.7 Å². The maximum atomic E-state index is 8.63. The third-order valence-electron chi connectivity index (χ3n) is 1.67. The highest BCUT2D eigenvalue weighted by Gasteiger charge is 1.94. The van der Waals surface area contributed by atoms with Crippen molar-refractivity contribution in [2.45, 2.75) is 33.1 Å². The van der Waals surface area contributed by atoms with Crippen LogP contribution in [-0.2, 0) is 0 Å². The van der Waals surface area contributed by atoms with Gasteiger partial charge in [-0.25, -0.2) is 0 Å². The van der Waals surface area contributed by atoms with Gasteiger partial charge in [0.25, 0.3) is 0 Å². The van der Waals surface area contributed by atoms with E-state index in [-0.39, 0.29) is 6.61 Å². The molecule has 0 atom stereocenters. The standard InChI is InChI=1S/C10H19NO/c1-3-4-6-10(9(2)11)7-5-8-12/h4,6,12H,3,5,7-8,11H2,1-2H3/b6-4-,10-9-. The Balaban J connectivity index is 4.07. The molecule has 0 heterocycles. The fourth-order valence-electron chi connectivity index (χ4n) is 0.942. The molecule has 0 aromatic heterocycles. The minimum atomic E-state index is 0.233. The van der Waals surface area contributed by atoms with E-state index < -0.39 is 0 Å². The average molecular weight is 169 g/mol. The molecule has 0 radical (unpaired) electrons. The Bertz CT molecular complexity index is 167. The molecule has 0 fully saturated rings. The van der Waals surface area contributed by atoms with Gasteiger partial charge in [-0.05, 0) is 31.8 Å². The van der Waals surface area contributed by atoms with Crippen LogP contribution in [0.1, 0.15) is 33.1 Å². The molecule has 2 heteroatoms. The van der Waals surface area contributed by atoms with E-state index in [9.17, 15) is 0 Å². The van der Waals surface area contributed by atoms with E-state index in [1.54, 1.807) is 0 Å². The van der Waals surface area contributed by atoms with E-state index in [1.807, 2.05) is 13.0 Å². The smallest absolute Gasteiger partial charge is 0.0434 e. The molecule has 0 aliphatic heterocycles. The van der Waals surface area contributed by atoms with Gasteiger partial charge >= 0.3 is 0 Å². The van der Waals surface area contributed by atoms with Crippen LogP contribution in [0.2, 0.25) is 0 Å². The summed E-state index contributed by atoms with van der Waals surface area (Å²) in [7, 11) is 0. The van der Waals surface area contributed by atoms with Crippen molar-refractivity contribution in [3.63, 3.8) is 0 Å². The molecule has 0 aromatic carbocycles. The maximum absolute atomic E-state index is 8.63. The monoisotopic (exact) mass is 169 g/mol. The molecular weight excluding hydrogens is 150 g/mol. The minimum Gasteiger partial charge on any atom is -0.402 e. The summed E-state index contributed by atoms with van der Waals surface area (Å²) in [5.74, 6) is 0. The molecule has 12 heavy (non-hydrogen) atoms. The van der Waals surface area contributed by atoms with Crippen molar-refractivity contribution in [2.24, 2.45) is 5.73 Å². The fourth-order valence-corrected chi connectivity index (χ4v) is 0.942. The van der Waals surface area contributed by atoms with Crippen molar-refractivity contribution < 1.29 is 5.11 Å². The molecule has 2 nitrogen and oxygen atoms in total. The molecular formula is C10H19NO. The van der Waals surface area contributed by atoms with Crippen LogP contribution in [0.15, 0.2) is 23.4 Å². The zero-order chi connectivity index (χ0) is 9.40. The van der Waals surface area contributed by atoms with Crippen molar-refractivity contribution in [1.82, 2.24) is 0 Å². The van der Waals surface area contributed by atoms with Crippen LogP contribution in [0.4, 0.5) is 0 Å². The van der Waals surface area contributed by atoms with E-state index >= 15 is 0 Å². The molecule has 0 unspecified atom stereocenters. The Morgan fingerprint density at radius 1 is 1.50 bits per heavy atom. The van der Waals surface area contributed by atoms with Crippen LogP contribution in [0.5, 0.6) is 0 Å². The second kappa shape index (κ2) is 6.92. The van der Waals surface area contributed by atoms with Crippen molar-refractivity contribution in [3.05, 3.63) is 23.4 Å². The van der Waals surface area contributed by atoms with Crippen molar-refractivity contribution in [1.29, 1.82) is 0 Å². The summed E-state index contributed by atoms with van der Waals surface area (Å²) in [6.45, 7) is 4.22. The first-order valence-corrected chi connectivity index (χ1v) is 4.45. The van der Waals surface area contributed by atoms with Gasteiger partial charge in [0.2, 0.25) is 0 Å². The van der Waals surface area contributed by atoms with E-state index in [1.165, 1.54) is 0 Å². The van der Waals surface area contributed by atoms with Crippen LogP contribution < -0.4 is 5.73 Å². The lowest BCUT2D eigenvalue weighted by atomic mass is 10.1.